The van der Waals surface area contributed by atoms with Gasteiger partial charge in [0.25, 0.3) is 0 Å². The third-order valence-corrected chi connectivity index (χ3v) is 3.08. The molecule has 0 fully saturated rings. The maximum absolute atomic E-state index is 5.74. The van der Waals surface area contributed by atoms with Crippen LogP contribution >= 0.6 is 0 Å². The third-order valence-electron chi connectivity index (χ3n) is 3.08. The molecular formula is C16H27NO2. The Morgan fingerprint density at radius 3 is 2.53 bits per heavy atom. The summed E-state index contributed by atoms with van der Waals surface area (Å²) in [5.74, 6) is 0.948. The summed E-state index contributed by atoms with van der Waals surface area (Å²) in [5, 5.41) is 3.46. The van der Waals surface area contributed by atoms with Gasteiger partial charge in [-0.15, -0.1) is 0 Å². The van der Waals surface area contributed by atoms with E-state index in [1.807, 2.05) is 12.1 Å². The standard InChI is InChI=1S/C16H27NO2/c1-4-11-17-14(2)9-13-19-16-7-5-15(6-8-16)10-12-18-3/h5-8,14,17H,4,9-13H2,1-3H3. The van der Waals surface area contributed by atoms with E-state index in [9.17, 15) is 0 Å². The average molecular weight is 265 g/mol. The Morgan fingerprint density at radius 1 is 1.16 bits per heavy atom. The molecule has 0 aliphatic rings. The molecule has 1 unspecified atom stereocenters. The normalized spacial score (nSPS) is 12.4. The lowest BCUT2D eigenvalue weighted by Crippen LogP contribution is -2.28. The van der Waals surface area contributed by atoms with Gasteiger partial charge in [-0.1, -0.05) is 19.1 Å². The predicted molar refractivity (Wildman–Crippen MR) is 79.9 cm³/mol. The topological polar surface area (TPSA) is 30.5 Å². The van der Waals surface area contributed by atoms with Crippen LogP contribution in [0.5, 0.6) is 5.75 Å². The molecular weight excluding hydrogens is 238 g/mol. The van der Waals surface area contributed by atoms with Gasteiger partial charge in [0.05, 0.1) is 13.2 Å². The van der Waals surface area contributed by atoms with Crippen molar-refractivity contribution in [2.75, 3.05) is 26.9 Å². The summed E-state index contributed by atoms with van der Waals surface area (Å²) in [6.45, 7) is 6.99. The van der Waals surface area contributed by atoms with Crippen LogP contribution in [-0.4, -0.2) is 32.9 Å². The minimum atomic E-state index is 0.515. The first-order valence-electron chi connectivity index (χ1n) is 7.20. The second kappa shape index (κ2) is 9.82. The summed E-state index contributed by atoms with van der Waals surface area (Å²) in [4.78, 5) is 0. The first kappa shape index (κ1) is 16.0. The lowest BCUT2D eigenvalue weighted by Gasteiger charge is -2.13. The van der Waals surface area contributed by atoms with E-state index in [0.29, 0.717) is 6.04 Å². The molecule has 0 aromatic heterocycles. The molecule has 0 saturated carbocycles. The molecule has 108 valence electrons. The van der Waals surface area contributed by atoms with Crippen molar-refractivity contribution in [2.24, 2.45) is 0 Å². The number of rotatable bonds is 10. The van der Waals surface area contributed by atoms with E-state index in [2.05, 4.69) is 31.3 Å². The zero-order valence-corrected chi connectivity index (χ0v) is 12.4. The molecule has 0 spiro atoms. The average Bonchev–Trinajstić information content (AvgIpc) is 2.44. The van der Waals surface area contributed by atoms with Crippen molar-refractivity contribution in [3.8, 4) is 5.75 Å². The highest BCUT2D eigenvalue weighted by Crippen LogP contribution is 2.13. The lowest BCUT2D eigenvalue weighted by molar-refractivity contribution is 0.202. The van der Waals surface area contributed by atoms with Crippen molar-refractivity contribution in [3.05, 3.63) is 29.8 Å². The Labute approximate surface area is 117 Å². The summed E-state index contributed by atoms with van der Waals surface area (Å²) < 4.78 is 10.8. The zero-order valence-electron chi connectivity index (χ0n) is 12.4. The molecule has 0 amide bonds. The van der Waals surface area contributed by atoms with E-state index in [1.165, 1.54) is 12.0 Å². The highest BCUT2D eigenvalue weighted by atomic mass is 16.5. The van der Waals surface area contributed by atoms with Crippen LogP contribution in [0, 0.1) is 0 Å². The van der Waals surface area contributed by atoms with Crippen molar-refractivity contribution in [3.63, 3.8) is 0 Å². The van der Waals surface area contributed by atoms with E-state index in [0.717, 1.165) is 38.3 Å². The summed E-state index contributed by atoms with van der Waals surface area (Å²) in [6, 6.07) is 8.80. The van der Waals surface area contributed by atoms with Crippen molar-refractivity contribution < 1.29 is 9.47 Å². The van der Waals surface area contributed by atoms with Gasteiger partial charge in [-0.2, -0.15) is 0 Å². The number of methoxy groups -OCH3 is 1. The summed E-state index contributed by atoms with van der Waals surface area (Å²) in [7, 11) is 1.73. The van der Waals surface area contributed by atoms with E-state index < -0.39 is 0 Å². The van der Waals surface area contributed by atoms with Crippen LogP contribution in [-0.2, 0) is 11.2 Å². The number of benzene rings is 1. The van der Waals surface area contributed by atoms with Gasteiger partial charge in [-0.05, 0) is 50.4 Å². The van der Waals surface area contributed by atoms with Crippen LogP contribution in [0.4, 0.5) is 0 Å². The monoisotopic (exact) mass is 265 g/mol. The van der Waals surface area contributed by atoms with Crippen LogP contribution in [0.1, 0.15) is 32.3 Å². The van der Waals surface area contributed by atoms with Crippen molar-refractivity contribution in [2.45, 2.75) is 39.2 Å². The first-order chi connectivity index (χ1) is 9.26. The predicted octanol–water partition coefficient (Wildman–Crippen LogP) is 3.03. The van der Waals surface area contributed by atoms with Crippen LogP contribution in [0.15, 0.2) is 24.3 Å². The number of nitrogens with one attached hydrogen (secondary N) is 1. The molecule has 1 N–H and O–H groups in total. The summed E-state index contributed by atoms with van der Waals surface area (Å²) in [6.07, 6.45) is 3.16. The third kappa shape index (κ3) is 7.19. The highest BCUT2D eigenvalue weighted by molar-refractivity contribution is 5.27. The van der Waals surface area contributed by atoms with Crippen molar-refractivity contribution in [1.29, 1.82) is 0 Å². The van der Waals surface area contributed by atoms with Gasteiger partial charge < -0.3 is 14.8 Å². The fourth-order valence-electron chi connectivity index (χ4n) is 1.82. The summed E-state index contributed by atoms with van der Waals surface area (Å²) in [5.41, 5.74) is 1.28. The minimum Gasteiger partial charge on any atom is -0.494 e. The smallest absolute Gasteiger partial charge is 0.119 e. The van der Waals surface area contributed by atoms with Gasteiger partial charge in [-0.25, -0.2) is 0 Å². The molecule has 0 aliphatic heterocycles. The van der Waals surface area contributed by atoms with E-state index >= 15 is 0 Å². The molecule has 0 saturated heterocycles. The first-order valence-corrected chi connectivity index (χ1v) is 7.20. The van der Waals surface area contributed by atoms with Crippen LogP contribution in [0.2, 0.25) is 0 Å². The van der Waals surface area contributed by atoms with E-state index in [4.69, 9.17) is 9.47 Å². The Kier molecular flexibility index (Phi) is 8.26. The van der Waals surface area contributed by atoms with Gasteiger partial charge in [0, 0.05) is 13.2 Å². The Bertz CT molecular complexity index is 324. The number of ether oxygens (including phenoxy) is 2. The summed E-state index contributed by atoms with van der Waals surface area (Å²) >= 11 is 0. The van der Waals surface area contributed by atoms with Crippen LogP contribution < -0.4 is 10.1 Å². The van der Waals surface area contributed by atoms with Crippen molar-refractivity contribution in [1.82, 2.24) is 5.32 Å². The molecule has 0 aliphatic carbocycles. The SMILES string of the molecule is CCCNC(C)CCOc1ccc(CCOC)cc1. The fourth-order valence-corrected chi connectivity index (χ4v) is 1.82. The van der Waals surface area contributed by atoms with Gasteiger partial charge >= 0.3 is 0 Å². The van der Waals surface area contributed by atoms with Crippen molar-refractivity contribution >= 4 is 0 Å². The Hall–Kier alpha value is -1.06. The maximum atomic E-state index is 5.74. The zero-order chi connectivity index (χ0) is 13.9. The largest absolute Gasteiger partial charge is 0.494 e. The molecule has 1 atom stereocenters. The molecule has 1 aromatic rings. The molecule has 3 nitrogen and oxygen atoms in total. The molecule has 1 aromatic carbocycles. The fraction of sp³-hybridized carbons (Fsp3) is 0.625. The van der Waals surface area contributed by atoms with Gasteiger partial charge in [-0.3, -0.25) is 0 Å². The second-order valence-corrected chi connectivity index (χ2v) is 4.88. The second-order valence-electron chi connectivity index (χ2n) is 4.88. The van der Waals surface area contributed by atoms with Gasteiger partial charge in [0.15, 0.2) is 0 Å². The molecule has 19 heavy (non-hydrogen) atoms. The highest BCUT2D eigenvalue weighted by Gasteiger charge is 2.01. The minimum absolute atomic E-state index is 0.515. The van der Waals surface area contributed by atoms with Gasteiger partial charge in [0.2, 0.25) is 0 Å². The Balaban J connectivity index is 2.22. The van der Waals surface area contributed by atoms with Crippen LogP contribution in [0.25, 0.3) is 0 Å². The van der Waals surface area contributed by atoms with E-state index in [-0.39, 0.29) is 0 Å². The quantitative estimate of drug-likeness (QED) is 0.705. The van der Waals surface area contributed by atoms with E-state index in [1.54, 1.807) is 7.11 Å². The molecule has 0 heterocycles. The molecule has 3 heteroatoms. The lowest BCUT2D eigenvalue weighted by atomic mass is 10.1. The van der Waals surface area contributed by atoms with Gasteiger partial charge in [0.1, 0.15) is 5.75 Å². The maximum Gasteiger partial charge on any atom is 0.119 e. The Morgan fingerprint density at radius 2 is 1.89 bits per heavy atom. The van der Waals surface area contributed by atoms with Crippen LogP contribution in [0.3, 0.4) is 0 Å². The molecule has 0 radical (unpaired) electrons. The molecule has 0 bridgehead atoms. The number of hydrogen-bond acceptors (Lipinski definition) is 3. The molecule has 1 rings (SSSR count). The number of hydrogen-bond donors (Lipinski definition) is 1.